The molecule has 0 radical (unpaired) electrons. The van der Waals surface area contributed by atoms with Crippen molar-refractivity contribution in [2.24, 2.45) is 5.92 Å². The summed E-state index contributed by atoms with van der Waals surface area (Å²) in [5, 5.41) is 14.0. The van der Waals surface area contributed by atoms with E-state index in [-0.39, 0.29) is 11.8 Å². The molecule has 0 spiro atoms. The van der Waals surface area contributed by atoms with Crippen molar-refractivity contribution >= 4 is 16.8 Å². The molecular weight excluding hydrogens is 264 g/mol. The van der Waals surface area contributed by atoms with Crippen LogP contribution < -0.4 is 5.32 Å². The number of rotatable bonds is 4. The molecule has 4 nitrogen and oxygen atoms in total. The Morgan fingerprint density at radius 2 is 2.19 bits per heavy atom. The quantitative estimate of drug-likeness (QED) is 0.807. The molecule has 1 aliphatic carbocycles. The van der Waals surface area contributed by atoms with Gasteiger partial charge in [0.25, 0.3) is 0 Å². The van der Waals surface area contributed by atoms with E-state index in [1.165, 1.54) is 10.9 Å². The Hall–Kier alpha value is -1.81. The van der Waals surface area contributed by atoms with Crippen LogP contribution in [-0.2, 0) is 11.2 Å². The highest BCUT2D eigenvalue weighted by atomic mass is 16.3. The van der Waals surface area contributed by atoms with Crippen molar-refractivity contribution in [3.63, 3.8) is 0 Å². The number of aromatic nitrogens is 1. The Morgan fingerprint density at radius 3 is 2.95 bits per heavy atom. The summed E-state index contributed by atoms with van der Waals surface area (Å²) in [6.45, 7) is 2.68. The summed E-state index contributed by atoms with van der Waals surface area (Å²) in [6, 6.07) is 8.23. The SMILES string of the molecule is Cc1[nH]c2ccccc2c1CCNC(=O)C1CCCC1O. The van der Waals surface area contributed by atoms with E-state index in [4.69, 9.17) is 0 Å². The standard InChI is InChI=1S/C17H22N2O2/c1-11-12(13-5-2-3-7-15(13)19-11)9-10-18-17(21)14-6-4-8-16(14)20/h2-3,5,7,14,16,19-20H,4,6,8-10H2,1H3,(H,18,21). The zero-order chi connectivity index (χ0) is 14.8. The molecular formula is C17H22N2O2. The highest BCUT2D eigenvalue weighted by Gasteiger charge is 2.31. The average Bonchev–Trinajstić information content (AvgIpc) is 3.03. The summed E-state index contributed by atoms with van der Waals surface area (Å²) in [5.74, 6) is -0.216. The average molecular weight is 286 g/mol. The maximum absolute atomic E-state index is 12.1. The number of aliphatic hydroxyl groups excluding tert-OH is 1. The fourth-order valence-corrected chi connectivity index (χ4v) is 3.34. The van der Waals surface area contributed by atoms with Gasteiger partial charge in [0.05, 0.1) is 12.0 Å². The number of aromatic amines is 1. The monoisotopic (exact) mass is 286 g/mol. The lowest BCUT2D eigenvalue weighted by atomic mass is 10.0. The van der Waals surface area contributed by atoms with Crippen LogP contribution in [0.2, 0.25) is 0 Å². The molecule has 2 atom stereocenters. The van der Waals surface area contributed by atoms with Gasteiger partial charge < -0.3 is 15.4 Å². The number of fused-ring (bicyclic) bond motifs is 1. The zero-order valence-electron chi connectivity index (χ0n) is 12.4. The number of aliphatic hydroxyl groups is 1. The van der Waals surface area contributed by atoms with E-state index in [9.17, 15) is 9.90 Å². The topological polar surface area (TPSA) is 65.1 Å². The van der Waals surface area contributed by atoms with Gasteiger partial charge in [-0.2, -0.15) is 0 Å². The molecule has 2 unspecified atom stereocenters. The molecule has 1 aromatic carbocycles. The first-order valence-corrected chi connectivity index (χ1v) is 7.69. The minimum absolute atomic E-state index is 0.00232. The number of amides is 1. The number of H-pyrrole nitrogens is 1. The molecule has 3 rings (SSSR count). The summed E-state index contributed by atoms with van der Waals surface area (Å²) in [5.41, 5.74) is 3.56. The maximum Gasteiger partial charge on any atom is 0.225 e. The Kier molecular flexibility index (Phi) is 3.97. The van der Waals surface area contributed by atoms with Crippen LogP contribution in [0.15, 0.2) is 24.3 Å². The van der Waals surface area contributed by atoms with Gasteiger partial charge in [0.2, 0.25) is 5.91 Å². The van der Waals surface area contributed by atoms with E-state index >= 15 is 0 Å². The summed E-state index contributed by atoms with van der Waals surface area (Å²) in [7, 11) is 0. The second-order valence-electron chi connectivity index (χ2n) is 5.92. The number of hydrogen-bond donors (Lipinski definition) is 3. The molecule has 4 heteroatoms. The largest absolute Gasteiger partial charge is 0.392 e. The van der Waals surface area contributed by atoms with Gasteiger partial charge in [-0.1, -0.05) is 18.2 Å². The van der Waals surface area contributed by atoms with E-state index in [1.54, 1.807) is 0 Å². The first-order valence-electron chi connectivity index (χ1n) is 7.69. The molecule has 21 heavy (non-hydrogen) atoms. The van der Waals surface area contributed by atoms with Gasteiger partial charge in [-0.25, -0.2) is 0 Å². The zero-order valence-corrected chi connectivity index (χ0v) is 12.4. The van der Waals surface area contributed by atoms with Crippen molar-refractivity contribution in [2.45, 2.75) is 38.7 Å². The number of nitrogens with one attached hydrogen (secondary N) is 2. The Morgan fingerprint density at radius 1 is 1.38 bits per heavy atom. The van der Waals surface area contributed by atoms with E-state index in [2.05, 4.69) is 29.4 Å². The van der Waals surface area contributed by atoms with Gasteiger partial charge in [-0.05, 0) is 44.2 Å². The van der Waals surface area contributed by atoms with Crippen LogP contribution >= 0.6 is 0 Å². The van der Waals surface area contributed by atoms with Crippen LogP contribution in [-0.4, -0.2) is 28.6 Å². The second-order valence-corrected chi connectivity index (χ2v) is 5.92. The maximum atomic E-state index is 12.1. The summed E-state index contributed by atoms with van der Waals surface area (Å²) >= 11 is 0. The third kappa shape index (κ3) is 2.81. The fraction of sp³-hybridized carbons (Fsp3) is 0.471. The van der Waals surface area contributed by atoms with Crippen LogP contribution in [0, 0.1) is 12.8 Å². The van der Waals surface area contributed by atoms with Gasteiger partial charge in [-0.3, -0.25) is 4.79 Å². The van der Waals surface area contributed by atoms with Crippen LogP contribution in [0.25, 0.3) is 10.9 Å². The third-order valence-electron chi connectivity index (χ3n) is 4.52. The molecule has 1 saturated carbocycles. The van der Waals surface area contributed by atoms with Gasteiger partial charge in [0.15, 0.2) is 0 Å². The second kappa shape index (κ2) is 5.90. The molecule has 0 saturated heterocycles. The molecule has 2 aromatic rings. The predicted octanol–water partition coefficient (Wildman–Crippen LogP) is 2.30. The highest BCUT2D eigenvalue weighted by Crippen LogP contribution is 2.26. The number of aryl methyl sites for hydroxylation is 1. The van der Waals surface area contributed by atoms with E-state index in [0.717, 1.165) is 36.9 Å². The Labute approximate surface area is 124 Å². The van der Waals surface area contributed by atoms with Crippen molar-refractivity contribution in [2.75, 3.05) is 6.54 Å². The number of hydrogen-bond acceptors (Lipinski definition) is 2. The lowest BCUT2D eigenvalue weighted by Crippen LogP contribution is -2.35. The van der Waals surface area contributed by atoms with E-state index in [1.807, 2.05) is 12.1 Å². The van der Waals surface area contributed by atoms with Crippen molar-refractivity contribution in [1.82, 2.24) is 10.3 Å². The Bertz CT molecular complexity index is 647. The first-order chi connectivity index (χ1) is 10.2. The van der Waals surface area contributed by atoms with Gasteiger partial charge >= 0.3 is 0 Å². The van der Waals surface area contributed by atoms with Crippen LogP contribution in [0.3, 0.4) is 0 Å². The highest BCUT2D eigenvalue weighted by molar-refractivity contribution is 5.84. The molecule has 0 bridgehead atoms. The molecule has 1 heterocycles. The van der Waals surface area contributed by atoms with Crippen LogP contribution in [0.5, 0.6) is 0 Å². The van der Waals surface area contributed by atoms with Crippen LogP contribution in [0.1, 0.15) is 30.5 Å². The van der Waals surface area contributed by atoms with Gasteiger partial charge in [-0.15, -0.1) is 0 Å². The van der Waals surface area contributed by atoms with Crippen molar-refractivity contribution in [1.29, 1.82) is 0 Å². The van der Waals surface area contributed by atoms with E-state index in [0.29, 0.717) is 6.54 Å². The lowest BCUT2D eigenvalue weighted by molar-refractivity contribution is -0.127. The predicted molar refractivity (Wildman–Crippen MR) is 83.1 cm³/mol. The normalized spacial score (nSPS) is 21.8. The minimum Gasteiger partial charge on any atom is -0.392 e. The third-order valence-corrected chi connectivity index (χ3v) is 4.52. The summed E-state index contributed by atoms with van der Waals surface area (Å²) < 4.78 is 0. The minimum atomic E-state index is -0.458. The van der Waals surface area contributed by atoms with Crippen molar-refractivity contribution < 1.29 is 9.90 Å². The van der Waals surface area contributed by atoms with Crippen molar-refractivity contribution in [3.8, 4) is 0 Å². The number of para-hydroxylation sites is 1. The summed E-state index contributed by atoms with van der Waals surface area (Å²) in [6.07, 6.45) is 2.85. The fourth-order valence-electron chi connectivity index (χ4n) is 3.34. The smallest absolute Gasteiger partial charge is 0.225 e. The van der Waals surface area contributed by atoms with E-state index < -0.39 is 6.10 Å². The number of carbonyl (C=O) groups excluding carboxylic acids is 1. The first kappa shape index (κ1) is 14.1. The van der Waals surface area contributed by atoms with Crippen molar-refractivity contribution in [3.05, 3.63) is 35.5 Å². The van der Waals surface area contributed by atoms with Gasteiger partial charge in [0.1, 0.15) is 0 Å². The summed E-state index contributed by atoms with van der Waals surface area (Å²) in [4.78, 5) is 15.4. The van der Waals surface area contributed by atoms with Crippen LogP contribution in [0.4, 0.5) is 0 Å². The molecule has 1 amide bonds. The lowest BCUT2D eigenvalue weighted by Gasteiger charge is -2.14. The molecule has 0 aliphatic heterocycles. The molecule has 112 valence electrons. The van der Waals surface area contributed by atoms with Gasteiger partial charge in [0, 0.05) is 23.1 Å². The molecule has 1 aromatic heterocycles. The molecule has 1 fully saturated rings. The Balaban J connectivity index is 1.62. The molecule has 3 N–H and O–H groups in total. The number of benzene rings is 1. The number of carbonyl (C=O) groups is 1. The molecule has 1 aliphatic rings.